The predicted molar refractivity (Wildman–Crippen MR) is 127 cm³/mol. The third-order valence-corrected chi connectivity index (χ3v) is 6.21. The van der Waals surface area contributed by atoms with Crippen LogP contribution in [0.25, 0.3) is 0 Å². The highest BCUT2D eigenvalue weighted by Gasteiger charge is 2.38. The third kappa shape index (κ3) is 7.20. The fraction of sp³-hybridized carbons (Fsp3) is 0.600. The van der Waals surface area contributed by atoms with Crippen LogP contribution in [0.3, 0.4) is 0 Å². The van der Waals surface area contributed by atoms with Crippen LogP contribution in [-0.4, -0.2) is 60.6 Å². The molecule has 0 radical (unpaired) electrons. The van der Waals surface area contributed by atoms with Crippen molar-refractivity contribution in [2.24, 2.45) is 11.8 Å². The lowest BCUT2D eigenvalue weighted by atomic mass is 9.96. The van der Waals surface area contributed by atoms with Crippen molar-refractivity contribution in [3.63, 3.8) is 0 Å². The van der Waals surface area contributed by atoms with Crippen molar-refractivity contribution in [2.75, 3.05) is 13.7 Å². The first-order valence-corrected chi connectivity index (χ1v) is 11.8. The van der Waals surface area contributed by atoms with Gasteiger partial charge in [-0.15, -0.1) is 0 Å². The molecule has 1 saturated heterocycles. The van der Waals surface area contributed by atoms with E-state index >= 15 is 0 Å². The quantitative estimate of drug-likeness (QED) is 0.503. The number of carbonyl (C=O) groups excluding carboxylic acids is 4. The van der Waals surface area contributed by atoms with E-state index in [4.69, 9.17) is 9.47 Å². The van der Waals surface area contributed by atoms with Crippen LogP contribution in [0.1, 0.15) is 52.5 Å². The van der Waals surface area contributed by atoms with Crippen LogP contribution < -0.4 is 10.6 Å². The number of benzene rings is 1. The number of nitrogens with one attached hydrogen (secondary N) is 2. The Morgan fingerprint density at radius 2 is 1.74 bits per heavy atom. The summed E-state index contributed by atoms with van der Waals surface area (Å²) in [7, 11) is 1.27. The molecule has 0 saturated carbocycles. The number of ether oxygens (including phenoxy) is 2. The molecule has 4 atom stereocenters. The number of methoxy groups -OCH3 is 1. The van der Waals surface area contributed by atoms with Crippen LogP contribution in [0.5, 0.6) is 0 Å². The van der Waals surface area contributed by atoms with Crippen molar-refractivity contribution in [1.82, 2.24) is 15.5 Å². The van der Waals surface area contributed by atoms with Gasteiger partial charge >= 0.3 is 12.1 Å². The van der Waals surface area contributed by atoms with Crippen LogP contribution in [0.2, 0.25) is 0 Å². The monoisotopic (exact) mass is 475 g/mol. The van der Waals surface area contributed by atoms with Gasteiger partial charge in [0, 0.05) is 6.54 Å². The van der Waals surface area contributed by atoms with Crippen molar-refractivity contribution < 1.29 is 28.7 Å². The molecule has 1 aliphatic rings. The molecule has 1 fully saturated rings. The summed E-state index contributed by atoms with van der Waals surface area (Å²) in [4.78, 5) is 52.4. The van der Waals surface area contributed by atoms with E-state index in [-0.39, 0.29) is 18.4 Å². The normalized spacial score (nSPS) is 18.1. The van der Waals surface area contributed by atoms with Gasteiger partial charge in [0.1, 0.15) is 24.7 Å². The van der Waals surface area contributed by atoms with Gasteiger partial charge in [0.2, 0.25) is 11.8 Å². The molecule has 9 nitrogen and oxygen atoms in total. The number of carbonyl (C=O) groups is 4. The Bertz CT molecular complexity index is 844. The summed E-state index contributed by atoms with van der Waals surface area (Å²) in [6.45, 7) is 7.90. The molecule has 1 aliphatic heterocycles. The zero-order valence-electron chi connectivity index (χ0n) is 20.7. The van der Waals surface area contributed by atoms with Crippen molar-refractivity contribution in [1.29, 1.82) is 0 Å². The Balaban J connectivity index is 2.06. The lowest BCUT2D eigenvalue weighted by Crippen LogP contribution is -2.58. The molecule has 0 spiro atoms. The summed E-state index contributed by atoms with van der Waals surface area (Å²) >= 11 is 0. The van der Waals surface area contributed by atoms with E-state index in [1.807, 2.05) is 44.2 Å². The van der Waals surface area contributed by atoms with Gasteiger partial charge < -0.3 is 20.1 Å². The molecule has 2 N–H and O–H groups in total. The van der Waals surface area contributed by atoms with Gasteiger partial charge in [-0.1, -0.05) is 64.4 Å². The smallest absolute Gasteiger partial charge is 0.410 e. The largest absolute Gasteiger partial charge is 0.467 e. The van der Waals surface area contributed by atoms with Crippen LogP contribution in [-0.2, 0) is 30.5 Å². The van der Waals surface area contributed by atoms with Crippen molar-refractivity contribution in [3.8, 4) is 0 Å². The van der Waals surface area contributed by atoms with Gasteiger partial charge in [0.25, 0.3) is 0 Å². The van der Waals surface area contributed by atoms with Crippen LogP contribution in [0, 0.1) is 11.8 Å². The van der Waals surface area contributed by atoms with E-state index in [1.165, 1.54) is 12.0 Å². The summed E-state index contributed by atoms with van der Waals surface area (Å²) in [5.74, 6) is -1.78. The Hall–Kier alpha value is -3.10. The molecule has 4 unspecified atom stereocenters. The van der Waals surface area contributed by atoms with E-state index in [2.05, 4.69) is 10.6 Å². The summed E-state index contributed by atoms with van der Waals surface area (Å²) in [5.41, 5.74) is 0.856. The maximum Gasteiger partial charge on any atom is 0.410 e. The van der Waals surface area contributed by atoms with Crippen molar-refractivity contribution in [2.45, 2.75) is 71.7 Å². The average Bonchev–Trinajstić information content (AvgIpc) is 3.34. The van der Waals surface area contributed by atoms with Crippen molar-refractivity contribution >= 4 is 23.9 Å². The van der Waals surface area contributed by atoms with E-state index in [1.54, 1.807) is 13.8 Å². The predicted octanol–water partition coefficient (Wildman–Crippen LogP) is 2.63. The molecule has 188 valence electrons. The summed E-state index contributed by atoms with van der Waals surface area (Å²) in [6.07, 6.45) is 1.22. The lowest BCUT2D eigenvalue weighted by molar-refractivity contribution is -0.147. The minimum atomic E-state index is -0.855. The Kier molecular flexibility index (Phi) is 10.3. The van der Waals surface area contributed by atoms with E-state index < -0.39 is 42.0 Å². The van der Waals surface area contributed by atoms with Gasteiger partial charge in [-0.2, -0.15) is 0 Å². The fourth-order valence-electron chi connectivity index (χ4n) is 3.88. The molecule has 1 aromatic rings. The van der Waals surface area contributed by atoms with Gasteiger partial charge in [0.15, 0.2) is 0 Å². The Morgan fingerprint density at radius 3 is 2.32 bits per heavy atom. The molecule has 1 aromatic carbocycles. The van der Waals surface area contributed by atoms with Gasteiger partial charge in [0.05, 0.1) is 7.11 Å². The molecule has 0 aliphatic carbocycles. The number of hydrogen-bond donors (Lipinski definition) is 2. The summed E-state index contributed by atoms with van der Waals surface area (Å²) in [6, 6.07) is 6.92. The first kappa shape index (κ1) is 27.1. The minimum Gasteiger partial charge on any atom is -0.467 e. The molecule has 0 bridgehead atoms. The van der Waals surface area contributed by atoms with E-state index in [9.17, 15) is 19.2 Å². The summed E-state index contributed by atoms with van der Waals surface area (Å²) in [5, 5.41) is 5.53. The number of esters is 1. The van der Waals surface area contributed by atoms with Crippen LogP contribution in [0.4, 0.5) is 4.79 Å². The number of hydrogen-bond acceptors (Lipinski definition) is 6. The second-order valence-electron chi connectivity index (χ2n) is 9.02. The van der Waals surface area contributed by atoms with E-state index in [0.29, 0.717) is 25.8 Å². The second-order valence-corrected chi connectivity index (χ2v) is 9.02. The van der Waals surface area contributed by atoms with Crippen molar-refractivity contribution in [3.05, 3.63) is 35.9 Å². The minimum absolute atomic E-state index is 0.118. The number of nitrogens with zero attached hydrogens (tertiary/aromatic N) is 1. The topological polar surface area (TPSA) is 114 Å². The van der Waals surface area contributed by atoms with Crippen LogP contribution >= 0.6 is 0 Å². The van der Waals surface area contributed by atoms with E-state index in [0.717, 1.165) is 5.56 Å². The number of rotatable bonds is 10. The third-order valence-electron chi connectivity index (χ3n) is 6.21. The molecule has 1 heterocycles. The SMILES string of the molecule is CCC(C)C(NC(=O)C1CCCN1C(=O)OCc1ccccc1)C(=O)NC(C(=O)OC)C(C)C. The maximum atomic E-state index is 13.1. The molecular formula is C25H37N3O6. The molecule has 3 amide bonds. The first-order chi connectivity index (χ1) is 16.2. The molecule has 9 heteroatoms. The highest BCUT2D eigenvalue weighted by atomic mass is 16.6. The number of amides is 3. The highest BCUT2D eigenvalue weighted by Crippen LogP contribution is 2.20. The molecule has 0 aromatic heterocycles. The maximum absolute atomic E-state index is 13.1. The molecule has 2 rings (SSSR count). The lowest BCUT2D eigenvalue weighted by Gasteiger charge is -2.29. The van der Waals surface area contributed by atoms with Crippen LogP contribution in [0.15, 0.2) is 30.3 Å². The average molecular weight is 476 g/mol. The zero-order chi connectivity index (χ0) is 25.3. The first-order valence-electron chi connectivity index (χ1n) is 11.8. The van der Waals surface area contributed by atoms with Gasteiger partial charge in [-0.05, 0) is 30.2 Å². The fourth-order valence-corrected chi connectivity index (χ4v) is 3.88. The van der Waals surface area contributed by atoms with Gasteiger partial charge in [-0.25, -0.2) is 9.59 Å². The second kappa shape index (κ2) is 13.0. The Morgan fingerprint density at radius 1 is 1.06 bits per heavy atom. The molecule has 34 heavy (non-hydrogen) atoms. The highest BCUT2D eigenvalue weighted by molar-refractivity contribution is 5.93. The number of likely N-dealkylation sites (tertiary alicyclic amines) is 1. The zero-order valence-corrected chi connectivity index (χ0v) is 20.7. The van der Waals surface area contributed by atoms with Gasteiger partial charge in [-0.3, -0.25) is 14.5 Å². The molecular weight excluding hydrogens is 438 g/mol. The summed E-state index contributed by atoms with van der Waals surface area (Å²) < 4.78 is 10.2. The Labute approximate surface area is 201 Å². The standard InChI is InChI=1S/C25H37N3O6/c1-6-17(4)21(23(30)26-20(16(2)3)24(31)33-5)27-22(29)19-13-10-14-28(19)25(32)34-15-18-11-8-7-9-12-18/h7-9,11-12,16-17,19-21H,6,10,13-15H2,1-5H3,(H,26,30)(H,27,29).